The van der Waals surface area contributed by atoms with Crippen molar-refractivity contribution < 1.29 is 19.1 Å². The Morgan fingerprint density at radius 3 is 2.38 bits per heavy atom. The molecule has 5 nitrogen and oxygen atoms in total. The van der Waals surface area contributed by atoms with Crippen LogP contribution in [0, 0.1) is 18.7 Å². The number of halogens is 1. The van der Waals surface area contributed by atoms with Crippen molar-refractivity contribution >= 4 is 11.9 Å². The molecule has 2 N–H and O–H groups in total. The topological polar surface area (TPSA) is 79.3 Å². The third-order valence-corrected chi connectivity index (χ3v) is 3.88. The Bertz CT molecular complexity index is 775. The molecule has 1 atom stereocenters. The van der Waals surface area contributed by atoms with E-state index < -0.39 is 23.7 Å². The van der Waals surface area contributed by atoms with Crippen molar-refractivity contribution in [3.8, 4) is 0 Å². The normalized spacial score (nSPS) is 12.0. The lowest BCUT2D eigenvalue weighted by Gasteiger charge is -2.24. The van der Waals surface area contributed by atoms with Gasteiger partial charge in [-0.3, -0.25) is 9.78 Å². The van der Waals surface area contributed by atoms with Gasteiger partial charge in [-0.1, -0.05) is 32.0 Å². The molecule has 1 amide bonds. The first-order valence-corrected chi connectivity index (χ1v) is 7.56. The van der Waals surface area contributed by atoms with Gasteiger partial charge in [-0.15, -0.1) is 0 Å². The number of carbonyl (C=O) groups is 2. The summed E-state index contributed by atoms with van der Waals surface area (Å²) in [6.45, 7) is 5.29. The molecule has 6 heteroatoms. The van der Waals surface area contributed by atoms with E-state index in [-0.39, 0.29) is 17.0 Å². The maximum atomic E-state index is 14.1. The molecule has 24 heavy (non-hydrogen) atoms. The van der Waals surface area contributed by atoms with E-state index in [1.807, 2.05) is 13.8 Å². The first-order valence-electron chi connectivity index (χ1n) is 7.56. The van der Waals surface area contributed by atoms with Crippen LogP contribution >= 0.6 is 0 Å². The van der Waals surface area contributed by atoms with E-state index >= 15 is 0 Å². The van der Waals surface area contributed by atoms with Gasteiger partial charge in [0.15, 0.2) is 0 Å². The number of nitrogens with one attached hydrogen (secondary N) is 1. The highest BCUT2D eigenvalue weighted by atomic mass is 19.1. The van der Waals surface area contributed by atoms with E-state index in [0.29, 0.717) is 11.1 Å². The fourth-order valence-corrected chi connectivity index (χ4v) is 2.52. The van der Waals surface area contributed by atoms with Crippen LogP contribution in [0.1, 0.15) is 51.7 Å². The Hall–Kier alpha value is -2.76. The Kier molecular flexibility index (Phi) is 5.28. The van der Waals surface area contributed by atoms with Crippen LogP contribution in [0.25, 0.3) is 0 Å². The summed E-state index contributed by atoms with van der Waals surface area (Å²) in [5, 5.41) is 11.9. The molecule has 0 fully saturated rings. The van der Waals surface area contributed by atoms with E-state index in [4.69, 9.17) is 5.11 Å². The van der Waals surface area contributed by atoms with Gasteiger partial charge < -0.3 is 10.4 Å². The highest BCUT2D eigenvalue weighted by molar-refractivity contribution is 5.99. The van der Waals surface area contributed by atoms with Gasteiger partial charge in [0, 0.05) is 18.0 Å². The number of carboxylic acids is 1. The molecule has 1 aromatic heterocycles. The summed E-state index contributed by atoms with van der Waals surface area (Å²) in [5.41, 5.74) is 0.846. The molecule has 1 aromatic carbocycles. The van der Waals surface area contributed by atoms with Crippen molar-refractivity contribution in [2.45, 2.75) is 26.8 Å². The molecular formula is C18H19FN2O3. The minimum Gasteiger partial charge on any atom is -0.478 e. The predicted octanol–water partition coefficient (Wildman–Crippen LogP) is 3.35. The van der Waals surface area contributed by atoms with Gasteiger partial charge in [-0.2, -0.15) is 0 Å². The minimum absolute atomic E-state index is 0.0327. The molecule has 1 heterocycles. The number of benzene rings is 1. The van der Waals surface area contributed by atoms with E-state index in [0.717, 1.165) is 0 Å². The molecule has 2 aromatic rings. The molecule has 0 saturated carbocycles. The van der Waals surface area contributed by atoms with Gasteiger partial charge in [0.2, 0.25) is 0 Å². The number of aromatic nitrogens is 1. The molecule has 0 saturated heterocycles. The molecule has 1 unspecified atom stereocenters. The summed E-state index contributed by atoms with van der Waals surface area (Å²) in [6.07, 6.45) is 2.51. The van der Waals surface area contributed by atoms with Crippen molar-refractivity contribution in [3.63, 3.8) is 0 Å². The quantitative estimate of drug-likeness (QED) is 0.881. The molecule has 2 rings (SSSR count). The first kappa shape index (κ1) is 17.6. The third kappa shape index (κ3) is 3.59. The summed E-state index contributed by atoms with van der Waals surface area (Å²) in [5.74, 6) is -2.08. The smallest absolute Gasteiger partial charge is 0.337 e. The van der Waals surface area contributed by atoms with Gasteiger partial charge in [-0.25, -0.2) is 9.18 Å². The van der Waals surface area contributed by atoms with Gasteiger partial charge in [0.25, 0.3) is 5.91 Å². The second-order valence-corrected chi connectivity index (χ2v) is 5.88. The first-order chi connectivity index (χ1) is 11.3. The highest BCUT2D eigenvalue weighted by Crippen LogP contribution is 2.25. The van der Waals surface area contributed by atoms with Crippen LogP contribution in [0.15, 0.2) is 36.7 Å². The van der Waals surface area contributed by atoms with Crippen LogP contribution in [0.4, 0.5) is 4.39 Å². The number of carbonyl (C=O) groups excluding carboxylic acids is 1. The van der Waals surface area contributed by atoms with Gasteiger partial charge in [-0.05, 0) is 24.5 Å². The fraction of sp³-hybridized carbons (Fsp3) is 0.278. The number of hydrogen-bond acceptors (Lipinski definition) is 3. The lowest BCUT2D eigenvalue weighted by atomic mass is 9.95. The van der Waals surface area contributed by atoms with Crippen molar-refractivity contribution in [2.75, 3.05) is 0 Å². The lowest BCUT2D eigenvalue weighted by molar-refractivity contribution is 0.0695. The lowest BCUT2D eigenvalue weighted by Crippen LogP contribution is -2.33. The molecule has 0 aliphatic heterocycles. The standard InChI is InChI=1S/C18H19FN2O3/c1-10(2)16(12-6-4-5-7-15(12)19)21-17(22)13-8-20-9-14(11(13)3)18(23)24/h4-10,16H,1-3H3,(H,21,22)(H,23,24). The summed E-state index contributed by atoms with van der Waals surface area (Å²) in [6, 6.07) is 5.72. The zero-order chi connectivity index (χ0) is 17.9. The van der Waals surface area contributed by atoms with Crippen molar-refractivity contribution in [2.24, 2.45) is 5.92 Å². The third-order valence-electron chi connectivity index (χ3n) is 3.88. The van der Waals surface area contributed by atoms with Crippen LogP contribution in [-0.2, 0) is 0 Å². The van der Waals surface area contributed by atoms with E-state index in [1.54, 1.807) is 25.1 Å². The van der Waals surface area contributed by atoms with Crippen molar-refractivity contribution in [1.82, 2.24) is 10.3 Å². The molecule has 0 aliphatic carbocycles. The molecule has 0 spiro atoms. The monoisotopic (exact) mass is 330 g/mol. The summed E-state index contributed by atoms with van der Waals surface area (Å²) in [4.78, 5) is 27.6. The Balaban J connectivity index is 2.35. The van der Waals surface area contributed by atoms with Crippen molar-refractivity contribution in [3.05, 3.63) is 64.7 Å². The minimum atomic E-state index is -1.15. The Labute approximate surface area is 139 Å². The average molecular weight is 330 g/mol. The van der Waals surface area contributed by atoms with Gasteiger partial charge in [0.05, 0.1) is 17.2 Å². The Morgan fingerprint density at radius 1 is 1.17 bits per heavy atom. The molecule has 126 valence electrons. The summed E-state index contributed by atoms with van der Waals surface area (Å²) in [7, 11) is 0. The van der Waals surface area contributed by atoms with E-state index in [2.05, 4.69) is 10.3 Å². The van der Waals surface area contributed by atoms with Crippen LogP contribution in [0.3, 0.4) is 0 Å². The number of hydrogen-bond donors (Lipinski definition) is 2. The zero-order valence-corrected chi connectivity index (χ0v) is 13.7. The van der Waals surface area contributed by atoms with Crippen molar-refractivity contribution in [1.29, 1.82) is 0 Å². The van der Waals surface area contributed by atoms with Gasteiger partial charge >= 0.3 is 5.97 Å². The largest absolute Gasteiger partial charge is 0.478 e. The Morgan fingerprint density at radius 2 is 1.79 bits per heavy atom. The number of amides is 1. The van der Waals surface area contributed by atoms with Crippen LogP contribution < -0.4 is 5.32 Å². The zero-order valence-electron chi connectivity index (χ0n) is 13.7. The second-order valence-electron chi connectivity index (χ2n) is 5.88. The van der Waals surface area contributed by atoms with Gasteiger partial charge in [0.1, 0.15) is 5.82 Å². The van der Waals surface area contributed by atoms with Crippen LogP contribution in [0.2, 0.25) is 0 Å². The highest BCUT2D eigenvalue weighted by Gasteiger charge is 2.24. The maximum absolute atomic E-state index is 14.1. The SMILES string of the molecule is Cc1c(C(=O)O)cncc1C(=O)NC(c1ccccc1F)C(C)C. The fourth-order valence-electron chi connectivity index (χ4n) is 2.52. The van der Waals surface area contributed by atoms with Crippen LogP contribution in [0.5, 0.6) is 0 Å². The number of carboxylic acid groups (broad SMARTS) is 1. The van der Waals surface area contributed by atoms with E-state index in [1.165, 1.54) is 18.5 Å². The molecule has 0 radical (unpaired) electrons. The van der Waals surface area contributed by atoms with Crippen LogP contribution in [-0.4, -0.2) is 22.0 Å². The average Bonchev–Trinajstić information content (AvgIpc) is 2.53. The predicted molar refractivity (Wildman–Crippen MR) is 87.4 cm³/mol. The molecule has 0 bridgehead atoms. The maximum Gasteiger partial charge on any atom is 0.337 e. The number of rotatable bonds is 5. The molecular weight excluding hydrogens is 311 g/mol. The second kappa shape index (κ2) is 7.21. The number of pyridine rings is 1. The summed E-state index contributed by atoms with van der Waals surface area (Å²) < 4.78 is 14.1. The number of aromatic carboxylic acids is 1. The van der Waals surface area contributed by atoms with E-state index in [9.17, 15) is 14.0 Å². The molecule has 0 aliphatic rings. The number of nitrogens with zero attached hydrogens (tertiary/aromatic N) is 1. The summed E-state index contributed by atoms with van der Waals surface area (Å²) >= 11 is 0.